The van der Waals surface area contributed by atoms with Gasteiger partial charge in [0.25, 0.3) is 23.6 Å². The first-order chi connectivity index (χ1) is 30.9. The summed E-state index contributed by atoms with van der Waals surface area (Å²) >= 11 is 0. The molecule has 2 heterocycles. The second-order valence-electron chi connectivity index (χ2n) is 19.9. The number of aliphatic hydroxyl groups is 1. The Hall–Kier alpha value is -4.94. The quantitative estimate of drug-likeness (QED) is 0.168. The maximum atomic E-state index is 13.9. The van der Waals surface area contributed by atoms with Gasteiger partial charge in [-0.25, -0.2) is 0 Å². The molecule has 4 amide bonds. The van der Waals surface area contributed by atoms with E-state index in [1.807, 2.05) is 67.3 Å². The molecule has 12 heteroatoms. The Balaban J connectivity index is 0.000000221. The first-order valence-corrected chi connectivity index (χ1v) is 24.0. The van der Waals surface area contributed by atoms with Crippen LogP contribution < -0.4 is 19.3 Å². The van der Waals surface area contributed by atoms with Crippen LogP contribution in [0.4, 0.5) is 11.4 Å². The number of aryl methyl sites for hydroxylation is 2. The van der Waals surface area contributed by atoms with Crippen LogP contribution in [0.25, 0.3) is 0 Å². The van der Waals surface area contributed by atoms with Gasteiger partial charge in [0, 0.05) is 48.4 Å². The molecule has 3 aromatic carbocycles. The first-order valence-electron chi connectivity index (χ1n) is 24.0. The predicted molar refractivity (Wildman–Crippen MR) is 256 cm³/mol. The Morgan fingerprint density at radius 3 is 1.49 bits per heavy atom. The van der Waals surface area contributed by atoms with Crippen molar-refractivity contribution in [2.75, 3.05) is 36.1 Å². The van der Waals surface area contributed by atoms with Crippen LogP contribution in [0.5, 0.6) is 11.5 Å². The number of carbonyl (C=O) groups excluding carboxylic acids is 4. The van der Waals surface area contributed by atoms with E-state index >= 15 is 0 Å². The molecule has 0 atom stereocenters. The predicted octanol–water partition coefficient (Wildman–Crippen LogP) is 9.57. The highest BCUT2D eigenvalue weighted by Gasteiger charge is 2.43. The summed E-state index contributed by atoms with van der Waals surface area (Å²) in [6.07, 6.45) is 11.3. The number of ether oxygens (including phenoxy) is 3. The summed E-state index contributed by atoms with van der Waals surface area (Å²) in [5.74, 6) is 0.905. The van der Waals surface area contributed by atoms with Crippen molar-refractivity contribution in [2.24, 2.45) is 0 Å². The number of nitrogens with zero attached hydrogens (tertiary/aromatic N) is 4. The van der Waals surface area contributed by atoms with E-state index < -0.39 is 11.2 Å². The summed E-state index contributed by atoms with van der Waals surface area (Å²) in [6, 6.07) is 18.1. The van der Waals surface area contributed by atoms with Crippen LogP contribution in [0.15, 0.2) is 54.6 Å². The van der Waals surface area contributed by atoms with Crippen LogP contribution >= 0.6 is 0 Å². The summed E-state index contributed by atoms with van der Waals surface area (Å²) in [4.78, 5) is 61.0. The monoisotopic (exact) mass is 895 g/mol. The smallest absolute Gasteiger partial charge is 0.270 e. The largest absolute Gasteiger partial charge is 0.476 e. The highest BCUT2D eigenvalue weighted by atomic mass is 16.5. The molecule has 2 fully saturated rings. The number of benzene rings is 3. The van der Waals surface area contributed by atoms with Crippen LogP contribution in [0.3, 0.4) is 0 Å². The van der Waals surface area contributed by atoms with Gasteiger partial charge in [-0.15, -0.1) is 0 Å². The van der Waals surface area contributed by atoms with Crippen LogP contribution in [0.2, 0.25) is 0 Å². The number of aliphatic hydroxyl groups excluding tert-OH is 1. The zero-order valence-corrected chi connectivity index (χ0v) is 40.7. The zero-order chi connectivity index (χ0) is 47.2. The SMILES string of the molecule is Cc1cc2c(cc1C(=O)N(C(C)C)C1CCCCC1)N(CCO)C(=O)C(C)(C)O2.Cc1cc2c(cc1C(=O)N(C(C)C)C1CCCCC1)N(CCOCc1ccccc1)C(=O)C(C)(C)O2. The van der Waals surface area contributed by atoms with Crippen LogP contribution in [0, 0.1) is 13.8 Å². The molecule has 354 valence electrons. The van der Waals surface area contributed by atoms with Crippen molar-refractivity contribution in [3.8, 4) is 11.5 Å². The highest BCUT2D eigenvalue weighted by Crippen LogP contribution is 2.42. The first kappa shape index (κ1) is 49.5. The molecule has 0 saturated heterocycles. The second kappa shape index (κ2) is 21.1. The van der Waals surface area contributed by atoms with E-state index in [2.05, 4.69) is 32.6 Å². The summed E-state index contributed by atoms with van der Waals surface area (Å²) in [6.45, 7) is 20.5. The molecule has 0 aromatic heterocycles. The van der Waals surface area contributed by atoms with Crippen molar-refractivity contribution < 1.29 is 38.5 Å². The number of hydrogen-bond acceptors (Lipinski definition) is 8. The van der Waals surface area contributed by atoms with Crippen molar-refractivity contribution in [2.45, 2.75) is 175 Å². The van der Waals surface area contributed by atoms with Gasteiger partial charge < -0.3 is 38.9 Å². The molecular weight excluding hydrogens is 821 g/mol. The third-order valence-corrected chi connectivity index (χ3v) is 13.3. The van der Waals surface area contributed by atoms with Gasteiger partial charge in [0.2, 0.25) is 0 Å². The number of β-amino-alcohol motifs (C(OH)–C–C–N with tert-alkyl or cyclic N) is 1. The van der Waals surface area contributed by atoms with Gasteiger partial charge >= 0.3 is 0 Å². The van der Waals surface area contributed by atoms with Gasteiger partial charge in [-0.1, -0.05) is 68.9 Å². The van der Waals surface area contributed by atoms with E-state index in [9.17, 15) is 24.3 Å². The average molecular weight is 895 g/mol. The van der Waals surface area contributed by atoms with Crippen LogP contribution in [-0.4, -0.2) is 100 Å². The van der Waals surface area contributed by atoms with E-state index in [1.165, 1.54) is 30.6 Å². The molecule has 4 aliphatic rings. The van der Waals surface area contributed by atoms with Crippen molar-refractivity contribution in [3.05, 3.63) is 82.4 Å². The summed E-state index contributed by atoms with van der Waals surface area (Å²) in [5.41, 5.74) is 3.24. The Morgan fingerprint density at radius 2 is 1.09 bits per heavy atom. The topological polar surface area (TPSA) is 129 Å². The van der Waals surface area contributed by atoms with E-state index in [4.69, 9.17) is 14.2 Å². The van der Waals surface area contributed by atoms with Gasteiger partial charge in [0.1, 0.15) is 11.5 Å². The van der Waals surface area contributed by atoms with Crippen LogP contribution in [-0.2, 0) is 20.9 Å². The van der Waals surface area contributed by atoms with E-state index in [1.54, 1.807) is 38.7 Å². The van der Waals surface area contributed by atoms with Crippen LogP contribution in [0.1, 0.15) is 157 Å². The zero-order valence-electron chi connectivity index (χ0n) is 40.7. The molecular formula is C53H74N4O8. The molecule has 3 aromatic rings. The molecule has 0 bridgehead atoms. The van der Waals surface area contributed by atoms with E-state index in [-0.39, 0.29) is 60.9 Å². The Kier molecular flexibility index (Phi) is 16.1. The second-order valence-corrected chi connectivity index (χ2v) is 19.9. The maximum Gasteiger partial charge on any atom is 0.270 e. The fourth-order valence-corrected chi connectivity index (χ4v) is 10.00. The van der Waals surface area contributed by atoms with Gasteiger partial charge in [-0.05, 0) is 136 Å². The van der Waals surface area contributed by atoms with Gasteiger partial charge in [-0.2, -0.15) is 0 Å². The lowest BCUT2D eigenvalue weighted by Gasteiger charge is -2.40. The number of anilines is 2. The van der Waals surface area contributed by atoms with Gasteiger partial charge in [-0.3, -0.25) is 19.2 Å². The van der Waals surface area contributed by atoms with E-state index in [0.29, 0.717) is 53.8 Å². The molecule has 7 rings (SSSR count). The third-order valence-electron chi connectivity index (χ3n) is 13.3. The van der Waals surface area contributed by atoms with Crippen molar-refractivity contribution in [1.82, 2.24) is 9.80 Å². The molecule has 0 unspecified atom stereocenters. The number of amides is 4. The fraction of sp³-hybridized carbons (Fsp3) is 0.585. The summed E-state index contributed by atoms with van der Waals surface area (Å²) in [5, 5.41) is 9.49. The average Bonchev–Trinajstić information content (AvgIpc) is 3.26. The van der Waals surface area contributed by atoms with Crippen molar-refractivity contribution in [1.29, 1.82) is 0 Å². The number of rotatable bonds is 13. The third kappa shape index (κ3) is 11.2. The Labute approximate surface area is 387 Å². The molecule has 1 N–H and O–H groups in total. The standard InChI is InChI=1S/C30H40N2O4.C23H34N2O4/c1-21(2)32(24-14-10-7-11-15-24)28(33)25-19-26-27(18-22(25)3)36-30(4,5)29(34)31(26)16-17-35-20-23-12-8-6-9-13-23;1-15(2)25(17-9-7-6-8-10-17)21(27)18-14-19-20(13-16(18)3)29-23(4,5)22(28)24(19)11-12-26/h6,8-9,12-13,18-19,21,24H,7,10-11,14-17,20H2,1-5H3;13-15,17,26H,6-12H2,1-5H3. The normalized spacial score (nSPS) is 18.3. The molecule has 65 heavy (non-hydrogen) atoms. The minimum absolute atomic E-state index is 0.00781. The van der Waals surface area contributed by atoms with E-state index in [0.717, 1.165) is 55.2 Å². The molecule has 2 saturated carbocycles. The minimum atomic E-state index is -1.01. The lowest BCUT2D eigenvalue weighted by molar-refractivity contribution is -0.133. The molecule has 0 spiro atoms. The number of fused-ring (bicyclic) bond motifs is 2. The Morgan fingerprint density at radius 1 is 0.677 bits per heavy atom. The summed E-state index contributed by atoms with van der Waals surface area (Å²) < 4.78 is 18.0. The van der Waals surface area contributed by atoms with Gasteiger partial charge in [0.15, 0.2) is 11.2 Å². The minimum Gasteiger partial charge on any atom is -0.476 e. The molecule has 12 nitrogen and oxygen atoms in total. The van der Waals surface area contributed by atoms with Crippen molar-refractivity contribution in [3.63, 3.8) is 0 Å². The highest BCUT2D eigenvalue weighted by molar-refractivity contribution is 6.06. The lowest BCUT2D eigenvalue weighted by atomic mass is 9.92. The Bertz CT molecular complexity index is 2160. The molecule has 2 aliphatic heterocycles. The van der Waals surface area contributed by atoms with Crippen molar-refractivity contribution >= 4 is 35.0 Å². The number of carbonyl (C=O) groups is 4. The molecule has 2 aliphatic carbocycles. The lowest BCUT2D eigenvalue weighted by Crippen LogP contribution is -2.53. The van der Waals surface area contributed by atoms with Gasteiger partial charge in [0.05, 0.1) is 31.2 Å². The number of hydrogen-bond donors (Lipinski definition) is 1. The molecule has 0 radical (unpaired) electrons. The maximum absolute atomic E-state index is 13.9. The summed E-state index contributed by atoms with van der Waals surface area (Å²) in [7, 11) is 0. The fourth-order valence-electron chi connectivity index (χ4n) is 10.00.